The topological polar surface area (TPSA) is 115 Å². The summed E-state index contributed by atoms with van der Waals surface area (Å²) in [6.45, 7) is 1.50. The van der Waals surface area contributed by atoms with E-state index in [1.54, 1.807) is 0 Å². The Morgan fingerprint density at radius 3 is 1.57 bits per heavy atom. The van der Waals surface area contributed by atoms with Crippen LogP contribution in [-0.2, 0) is 9.59 Å². The summed E-state index contributed by atoms with van der Waals surface area (Å²) in [5.41, 5.74) is 0. The molecule has 0 fully saturated rings. The molecule has 0 radical (unpaired) electrons. The predicted molar refractivity (Wildman–Crippen MR) is 80.2 cm³/mol. The lowest BCUT2D eigenvalue weighted by atomic mass is 10.1. The van der Waals surface area contributed by atoms with E-state index in [2.05, 4.69) is 6.92 Å². The normalized spacial score (nSPS) is 11.4. The first-order chi connectivity index (χ1) is 9.95. The molecule has 0 aliphatic rings. The van der Waals surface area contributed by atoms with E-state index in [4.69, 9.17) is 20.4 Å². The van der Waals surface area contributed by atoms with Gasteiger partial charge in [0.25, 0.3) is 0 Å². The summed E-state index contributed by atoms with van der Waals surface area (Å²) in [7, 11) is 0. The maximum atomic E-state index is 10.2. The van der Waals surface area contributed by atoms with E-state index in [9.17, 15) is 9.59 Å². The SMILES string of the molecule is CCCCCCCCCCCC(=O)O.O=C(O)C(O)CO. The van der Waals surface area contributed by atoms with Crippen molar-refractivity contribution >= 4 is 11.9 Å². The molecule has 1 atom stereocenters. The Hall–Kier alpha value is -1.14. The van der Waals surface area contributed by atoms with E-state index in [-0.39, 0.29) is 0 Å². The molecule has 0 aromatic rings. The standard InChI is InChI=1S/C12H24O2.C3H6O4/c1-2-3-4-5-6-7-8-9-10-11-12(13)14;4-1-2(5)3(6)7/h2-11H2,1H3,(H,13,14);2,4-5H,1H2,(H,6,7). The molecule has 0 aromatic heterocycles. The van der Waals surface area contributed by atoms with Gasteiger partial charge >= 0.3 is 11.9 Å². The summed E-state index contributed by atoms with van der Waals surface area (Å²) in [5, 5.41) is 32.1. The molecule has 0 aliphatic heterocycles. The van der Waals surface area contributed by atoms with Gasteiger partial charge in [-0.1, -0.05) is 58.3 Å². The van der Waals surface area contributed by atoms with Crippen LogP contribution < -0.4 is 0 Å². The molecule has 6 heteroatoms. The van der Waals surface area contributed by atoms with Crippen molar-refractivity contribution in [1.82, 2.24) is 0 Å². The van der Waals surface area contributed by atoms with Crippen LogP contribution in [0, 0.1) is 0 Å². The fourth-order valence-corrected chi connectivity index (χ4v) is 1.66. The molecule has 0 saturated carbocycles. The van der Waals surface area contributed by atoms with Crippen molar-refractivity contribution in [1.29, 1.82) is 0 Å². The van der Waals surface area contributed by atoms with Crippen molar-refractivity contribution in [3.63, 3.8) is 0 Å². The molecule has 0 amide bonds. The Bertz CT molecular complexity index is 255. The molecule has 126 valence electrons. The number of hydrogen-bond donors (Lipinski definition) is 4. The van der Waals surface area contributed by atoms with Crippen LogP contribution >= 0.6 is 0 Å². The van der Waals surface area contributed by atoms with Crippen LogP contribution in [0.2, 0.25) is 0 Å². The van der Waals surface area contributed by atoms with Crippen molar-refractivity contribution < 1.29 is 30.0 Å². The van der Waals surface area contributed by atoms with Gasteiger partial charge in [0.1, 0.15) is 0 Å². The van der Waals surface area contributed by atoms with Gasteiger partial charge in [0, 0.05) is 6.42 Å². The average molecular weight is 306 g/mol. The maximum absolute atomic E-state index is 10.2. The molecule has 1 unspecified atom stereocenters. The van der Waals surface area contributed by atoms with Crippen LogP contribution in [0.25, 0.3) is 0 Å². The van der Waals surface area contributed by atoms with Gasteiger partial charge in [-0.25, -0.2) is 4.79 Å². The highest BCUT2D eigenvalue weighted by Gasteiger charge is 2.08. The van der Waals surface area contributed by atoms with Gasteiger partial charge in [-0.3, -0.25) is 4.79 Å². The minimum Gasteiger partial charge on any atom is -0.481 e. The zero-order valence-corrected chi connectivity index (χ0v) is 13.0. The summed E-state index contributed by atoms with van der Waals surface area (Å²) < 4.78 is 0. The van der Waals surface area contributed by atoms with E-state index < -0.39 is 24.6 Å². The Morgan fingerprint density at radius 2 is 1.29 bits per heavy atom. The highest BCUT2D eigenvalue weighted by atomic mass is 16.4. The number of carbonyl (C=O) groups is 2. The van der Waals surface area contributed by atoms with Crippen molar-refractivity contribution in [2.75, 3.05) is 6.61 Å². The van der Waals surface area contributed by atoms with Gasteiger partial charge in [0.15, 0.2) is 6.10 Å². The van der Waals surface area contributed by atoms with Crippen LogP contribution in [0.15, 0.2) is 0 Å². The molecule has 0 bridgehead atoms. The number of aliphatic hydroxyl groups is 2. The summed E-state index contributed by atoms with van der Waals surface area (Å²) in [5.74, 6) is -2.06. The van der Waals surface area contributed by atoms with Gasteiger partial charge in [0.05, 0.1) is 6.61 Å². The van der Waals surface area contributed by atoms with Crippen LogP contribution in [0.3, 0.4) is 0 Å². The number of aliphatic carboxylic acids is 2. The minimum atomic E-state index is -1.63. The van der Waals surface area contributed by atoms with Gasteiger partial charge in [-0.2, -0.15) is 0 Å². The minimum absolute atomic E-state index is 0.343. The smallest absolute Gasteiger partial charge is 0.334 e. The Labute approximate surface area is 126 Å². The Kier molecular flexibility index (Phi) is 17.8. The average Bonchev–Trinajstić information content (AvgIpc) is 2.45. The molecule has 6 nitrogen and oxygen atoms in total. The van der Waals surface area contributed by atoms with Crippen LogP contribution in [-0.4, -0.2) is 45.1 Å². The number of carboxylic acids is 2. The fourth-order valence-electron chi connectivity index (χ4n) is 1.66. The predicted octanol–water partition coefficient (Wildman–Crippen LogP) is 2.42. The second-order valence-electron chi connectivity index (χ2n) is 5.01. The van der Waals surface area contributed by atoms with Crippen LogP contribution in [0.5, 0.6) is 0 Å². The first-order valence-corrected chi connectivity index (χ1v) is 7.69. The van der Waals surface area contributed by atoms with Crippen molar-refractivity contribution in [2.45, 2.75) is 77.2 Å². The lowest BCUT2D eigenvalue weighted by Gasteiger charge is -2.00. The quantitative estimate of drug-likeness (QED) is 0.412. The van der Waals surface area contributed by atoms with Crippen LogP contribution in [0.1, 0.15) is 71.1 Å². The third kappa shape index (κ3) is 21.3. The van der Waals surface area contributed by atoms with E-state index >= 15 is 0 Å². The van der Waals surface area contributed by atoms with Crippen molar-refractivity contribution in [3.8, 4) is 0 Å². The number of hydrogen-bond acceptors (Lipinski definition) is 4. The first kappa shape index (κ1) is 22.1. The Balaban J connectivity index is 0. The highest BCUT2D eigenvalue weighted by Crippen LogP contribution is 2.10. The molecule has 0 aliphatic carbocycles. The zero-order chi connectivity index (χ0) is 16.5. The molecular formula is C15H30O6. The van der Waals surface area contributed by atoms with Gasteiger partial charge in [-0.15, -0.1) is 0 Å². The largest absolute Gasteiger partial charge is 0.481 e. The monoisotopic (exact) mass is 306 g/mol. The summed E-state index contributed by atoms with van der Waals surface area (Å²) in [6.07, 6.45) is 9.85. The second-order valence-corrected chi connectivity index (χ2v) is 5.01. The molecular weight excluding hydrogens is 276 g/mol. The van der Waals surface area contributed by atoms with Crippen molar-refractivity contribution in [2.24, 2.45) is 0 Å². The van der Waals surface area contributed by atoms with Crippen molar-refractivity contribution in [3.05, 3.63) is 0 Å². The molecule has 0 rings (SSSR count). The molecule has 0 heterocycles. The zero-order valence-electron chi connectivity index (χ0n) is 13.0. The van der Waals surface area contributed by atoms with E-state index in [0.717, 1.165) is 12.8 Å². The highest BCUT2D eigenvalue weighted by molar-refractivity contribution is 5.71. The third-order valence-electron chi connectivity index (χ3n) is 2.95. The number of aliphatic hydroxyl groups excluding tert-OH is 2. The van der Waals surface area contributed by atoms with Gasteiger partial charge in [0.2, 0.25) is 0 Å². The van der Waals surface area contributed by atoms with E-state index in [1.165, 1.54) is 44.9 Å². The second kappa shape index (κ2) is 16.9. The van der Waals surface area contributed by atoms with Gasteiger partial charge in [-0.05, 0) is 6.42 Å². The molecule has 0 aromatic carbocycles. The van der Waals surface area contributed by atoms with Crippen LogP contribution in [0.4, 0.5) is 0 Å². The van der Waals surface area contributed by atoms with Gasteiger partial charge < -0.3 is 20.4 Å². The summed E-state index contributed by atoms with van der Waals surface area (Å²) >= 11 is 0. The molecule has 0 saturated heterocycles. The third-order valence-corrected chi connectivity index (χ3v) is 2.95. The Morgan fingerprint density at radius 1 is 0.857 bits per heavy atom. The summed E-state index contributed by atoms with van der Waals surface area (Å²) in [6, 6.07) is 0. The number of rotatable bonds is 12. The molecule has 4 N–H and O–H groups in total. The lowest BCUT2D eigenvalue weighted by molar-refractivity contribution is -0.148. The maximum Gasteiger partial charge on any atom is 0.334 e. The lowest BCUT2D eigenvalue weighted by Crippen LogP contribution is -2.22. The summed E-state index contributed by atoms with van der Waals surface area (Å²) in [4.78, 5) is 19.7. The first-order valence-electron chi connectivity index (χ1n) is 7.69. The van der Waals surface area contributed by atoms with E-state index in [0.29, 0.717) is 6.42 Å². The number of unbranched alkanes of at least 4 members (excludes halogenated alkanes) is 8. The number of carboxylic acid groups (broad SMARTS) is 2. The fraction of sp³-hybridized carbons (Fsp3) is 0.867. The van der Waals surface area contributed by atoms with E-state index in [1.807, 2.05) is 0 Å². The molecule has 0 spiro atoms. The molecule has 21 heavy (non-hydrogen) atoms.